The van der Waals surface area contributed by atoms with Crippen LogP contribution in [0.1, 0.15) is 57.1 Å². The Hall–Kier alpha value is -3.08. The van der Waals surface area contributed by atoms with Crippen molar-refractivity contribution in [3.05, 3.63) is 104 Å². The zero-order valence-electron chi connectivity index (χ0n) is 22.3. The molecular weight excluding hydrogens is 629 g/mol. The zero-order valence-corrected chi connectivity index (χ0v) is 25.3. The molecule has 40 heavy (non-hydrogen) atoms. The van der Waals surface area contributed by atoms with Crippen LogP contribution in [0, 0.1) is 3.57 Å². The Bertz CT molecular complexity index is 1650. The van der Waals surface area contributed by atoms with Gasteiger partial charge in [-0.05, 0) is 96.9 Å². The summed E-state index contributed by atoms with van der Waals surface area (Å²) in [4.78, 5) is 32.6. The fourth-order valence-corrected chi connectivity index (χ4v) is 7.66. The lowest BCUT2D eigenvalue weighted by atomic mass is 9.89. The molecule has 0 spiro atoms. The van der Waals surface area contributed by atoms with Gasteiger partial charge in [0.05, 0.1) is 16.7 Å². The standard InChI is InChI=1S/C32H30IN5OS/c1-37-16-13-21(14-17-37)20-9-11-22(12-10-20)31-36-27-15-18-38(32(39)29(27)40-31)28(23-5-4-6-24(33)19-23)30-34-25-7-2-3-8-26(25)35-30/h2-12,19,21,28H,13-18H2,1H3,(H,34,35). The van der Waals surface area contributed by atoms with E-state index in [0.717, 1.165) is 66.6 Å². The highest BCUT2D eigenvalue weighted by molar-refractivity contribution is 14.1. The van der Waals surface area contributed by atoms with Crippen molar-refractivity contribution in [2.45, 2.75) is 31.2 Å². The van der Waals surface area contributed by atoms with Crippen molar-refractivity contribution in [1.82, 2.24) is 24.8 Å². The van der Waals surface area contributed by atoms with E-state index < -0.39 is 0 Å². The van der Waals surface area contributed by atoms with Crippen LogP contribution in [0.3, 0.4) is 0 Å². The molecule has 3 aromatic carbocycles. The number of aromatic nitrogens is 3. The second-order valence-corrected chi connectivity index (χ2v) is 13.1. The Labute approximate surface area is 251 Å². The van der Waals surface area contributed by atoms with E-state index in [1.54, 1.807) is 0 Å². The van der Waals surface area contributed by atoms with E-state index >= 15 is 0 Å². The van der Waals surface area contributed by atoms with Crippen LogP contribution in [0.25, 0.3) is 21.6 Å². The quantitative estimate of drug-likeness (QED) is 0.209. The number of thiazole rings is 1. The van der Waals surface area contributed by atoms with Crippen LogP contribution in [0.15, 0.2) is 72.8 Å². The number of amides is 1. The molecule has 0 saturated carbocycles. The number of fused-ring (bicyclic) bond motifs is 2. The minimum absolute atomic E-state index is 0.0252. The summed E-state index contributed by atoms with van der Waals surface area (Å²) >= 11 is 3.85. The van der Waals surface area contributed by atoms with E-state index in [1.165, 1.54) is 29.7 Å². The van der Waals surface area contributed by atoms with E-state index in [0.29, 0.717) is 12.5 Å². The number of hydrogen-bond acceptors (Lipinski definition) is 5. The molecule has 1 saturated heterocycles. The van der Waals surface area contributed by atoms with Crippen molar-refractivity contribution in [2.24, 2.45) is 0 Å². The first-order chi connectivity index (χ1) is 19.5. The van der Waals surface area contributed by atoms with Gasteiger partial charge in [0.15, 0.2) is 0 Å². The highest BCUT2D eigenvalue weighted by atomic mass is 127. The number of carbonyl (C=O) groups is 1. The van der Waals surface area contributed by atoms with Crippen LogP contribution in [0.4, 0.5) is 0 Å². The Morgan fingerprint density at radius 1 is 0.975 bits per heavy atom. The Morgan fingerprint density at radius 2 is 1.77 bits per heavy atom. The number of aromatic amines is 1. The zero-order chi connectivity index (χ0) is 27.2. The topological polar surface area (TPSA) is 65.1 Å². The number of benzene rings is 3. The van der Waals surface area contributed by atoms with Gasteiger partial charge in [0.25, 0.3) is 5.91 Å². The number of H-pyrrole nitrogens is 1. The number of rotatable bonds is 5. The fourth-order valence-electron chi connectivity index (χ4n) is 6.02. The van der Waals surface area contributed by atoms with Crippen molar-refractivity contribution in [3.63, 3.8) is 0 Å². The summed E-state index contributed by atoms with van der Waals surface area (Å²) in [6.45, 7) is 2.90. The number of nitrogens with one attached hydrogen (secondary N) is 1. The van der Waals surface area contributed by atoms with Gasteiger partial charge in [-0.15, -0.1) is 11.3 Å². The number of para-hydroxylation sites is 2. The number of carbonyl (C=O) groups excluding carboxylic acids is 1. The summed E-state index contributed by atoms with van der Waals surface area (Å²) in [5.74, 6) is 1.44. The Morgan fingerprint density at radius 3 is 2.55 bits per heavy atom. The molecule has 0 bridgehead atoms. The first kappa shape index (κ1) is 25.9. The number of imidazole rings is 1. The van der Waals surface area contributed by atoms with E-state index in [9.17, 15) is 4.79 Å². The van der Waals surface area contributed by atoms with Crippen molar-refractivity contribution in [2.75, 3.05) is 26.7 Å². The van der Waals surface area contributed by atoms with Gasteiger partial charge in [0.1, 0.15) is 21.8 Å². The molecule has 202 valence electrons. The largest absolute Gasteiger partial charge is 0.340 e. The molecule has 7 rings (SSSR count). The number of piperidine rings is 1. The first-order valence-corrected chi connectivity index (χ1v) is 15.7. The van der Waals surface area contributed by atoms with Crippen LogP contribution < -0.4 is 0 Å². The minimum atomic E-state index is -0.304. The van der Waals surface area contributed by atoms with E-state index in [-0.39, 0.29) is 11.9 Å². The number of nitrogens with zero attached hydrogens (tertiary/aromatic N) is 4. The average molecular weight is 660 g/mol. The highest BCUT2D eigenvalue weighted by Crippen LogP contribution is 2.38. The predicted octanol–water partition coefficient (Wildman–Crippen LogP) is 6.89. The SMILES string of the molecule is CN1CCC(c2ccc(-c3nc4c(s3)C(=O)N(C(c3cccc(I)c3)c3nc5ccccc5[nH]3)CC4)cc2)CC1. The normalized spacial score (nSPS) is 17.4. The summed E-state index contributed by atoms with van der Waals surface area (Å²) in [5, 5.41) is 0.921. The molecule has 0 aliphatic carbocycles. The maximum Gasteiger partial charge on any atom is 0.266 e. The maximum absolute atomic E-state index is 14.1. The van der Waals surface area contributed by atoms with E-state index in [2.05, 4.69) is 82.0 Å². The van der Waals surface area contributed by atoms with Gasteiger partial charge in [-0.2, -0.15) is 0 Å². The summed E-state index contributed by atoms with van der Waals surface area (Å²) in [7, 11) is 2.20. The van der Waals surface area contributed by atoms with Gasteiger partial charge in [0, 0.05) is 22.1 Å². The van der Waals surface area contributed by atoms with Gasteiger partial charge in [-0.25, -0.2) is 9.97 Å². The molecule has 1 unspecified atom stereocenters. The molecule has 2 aliphatic heterocycles. The van der Waals surface area contributed by atoms with Gasteiger partial charge in [-0.1, -0.05) is 48.5 Å². The van der Waals surface area contributed by atoms with Crippen LogP contribution in [-0.2, 0) is 6.42 Å². The lowest BCUT2D eigenvalue weighted by molar-refractivity contribution is 0.0687. The van der Waals surface area contributed by atoms with Gasteiger partial charge in [-0.3, -0.25) is 4.79 Å². The van der Waals surface area contributed by atoms with E-state index in [4.69, 9.17) is 9.97 Å². The van der Waals surface area contributed by atoms with Gasteiger partial charge >= 0.3 is 0 Å². The first-order valence-electron chi connectivity index (χ1n) is 13.8. The van der Waals surface area contributed by atoms with Crippen LogP contribution in [-0.4, -0.2) is 57.3 Å². The lowest BCUT2D eigenvalue weighted by Crippen LogP contribution is -2.40. The molecule has 1 atom stereocenters. The maximum atomic E-state index is 14.1. The van der Waals surface area contributed by atoms with Crippen LogP contribution in [0.2, 0.25) is 0 Å². The molecule has 6 nitrogen and oxygen atoms in total. The molecule has 1 N–H and O–H groups in total. The average Bonchev–Trinajstić information content (AvgIpc) is 3.60. The second kappa shape index (κ2) is 10.7. The molecule has 0 radical (unpaired) electrons. The number of halogens is 1. The third kappa shape index (κ3) is 4.86. The molecule has 1 amide bonds. The minimum Gasteiger partial charge on any atom is -0.340 e. The summed E-state index contributed by atoms with van der Waals surface area (Å²) in [5.41, 5.74) is 6.33. The third-order valence-corrected chi connectivity index (χ3v) is 10.0. The highest BCUT2D eigenvalue weighted by Gasteiger charge is 2.36. The van der Waals surface area contributed by atoms with Crippen LogP contribution in [0.5, 0.6) is 0 Å². The van der Waals surface area contributed by atoms with Crippen LogP contribution >= 0.6 is 33.9 Å². The number of likely N-dealkylation sites (tertiary alicyclic amines) is 1. The molecular formula is C32H30IN5OS. The van der Waals surface area contributed by atoms with Crippen molar-refractivity contribution < 1.29 is 4.79 Å². The van der Waals surface area contributed by atoms with Crippen molar-refractivity contribution in [1.29, 1.82) is 0 Å². The van der Waals surface area contributed by atoms with Crippen molar-refractivity contribution in [3.8, 4) is 10.6 Å². The fraction of sp³-hybridized carbons (Fsp3) is 0.281. The van der Waals surface area contributed by atoms with Gasteiger partial charge in [0.2, 0.25) is 0 Å². The Balaban J connectivity index is 1.20. The smallest absolute Gasteiger partial charge is 0.266 e. The molecule has 8 heteroatoms. The van der Waals surface area contributed by atoms with Crippen molar-refractivity contribution >= 4 is 50.9 Å². The molecule has 4 heterocycles. The molecule has 2 aromatic heterocycles. The summed E-state index contributed by atoms with van der Waals surface area (Å²) in [6.07, 6.45) is 3.14. The predicted molar refractivity (Wildman–Crippen MR) is 169 cm³/mol. The Kier molecular flexibility index (Phi) is 6.93. The lowest BCUT2D eigenvalue weighted by Gasteiger charge is -2.33. The summed E-state index contributed by atoms with van der Waals surface area (Å²) < 4.78 is 1.13. The van der Waals surface area contributed by atoms with Gasteiger partial charge < -0.3 is 14.8 Å². The molecule has 2 aliphatic rings. The molecule has 1 fully saturated rings. The third-order valence-electron chi connectivity index (χ3n) is 8.23. The monoisotopic (exact) mass is 659 g/mol. The summed E-state index contributed by atoms with van der Waals surface area (Å²) in [6, 6.07) is 25.0. The van der Waals surface area contributed by atoms with E-state index in [1.807, 2.05) is 35.2 Å². The second-order valence-electron chi connectivity index (χ2n) is 10.8. The number of hydrogen-bond donors (Lipinski definition) is 1. The molecule has 5 aromatic rings.